The molecule has 1 unspecified atom stereocenters. The van der Waals surface area contributed by atoms with Crippen molar-refractivity contribution in [1.29, 1.82) is 0 Å². The molecule has 0 bridgehead atoms. The molecular weight excluding hydrogens is 242 g/mol. The molecule has 0 aliphatic heterocycles. The molecule has 0 spiro atoms. The van der Waals surface area contributed by atoms with E-state index in [0.29, 0.717) is 11.0 Å². The summed E-state index contributed by atoms with van der Waals surface area (Å²) in [5.74, 6) is 0. The number of H-pyrrole nitrogens is 1. The molecule has 0 amide bonds. The molecule has 7 heteroatoms. The van der Waals surface area contributed by atoms with Crippen LogP contribution in [0.5, 0.6) is 0 Å². The van der Waals surface area contributed by atoms with Crippen molar-refractivity contribution in [2.24, 2.45) is 0 Å². The lowest BCUT2D eigenvalue weighted by atomic mass is 10.3. The summed E-state index contributed by atoms with van der Waals surface area (Å²) in [4.78, 5) is 6.95. The van der Waals surface area contributed by atoms with Gasteiger partial charge in [0.15, 0.2) is 0 Å². The Morgan fingerprint density at radius 2 is 2.35 bits per heavy atom. The van der Waals surface area contributed by atoms with Crippen molar-refractivity contribution in [3.63, 3.8) is 0 Å². The molecule has 0 aliphatic rings. The van der Waals surface area contributed by atoms with E-state index in [1.54, 1.807) is 25.3 Å². The van der Waals surface area contributed by atoms with Gasteiger partial charge in [-0.2, -0.15) is 0 Å². The van der Waals surface area contributed by atoms with Crippen LogP contribution >= 0.6 is 0 Å². The Kier molecular flexibility index (Phi) is 3.14. The van der Waals surface area contributed by atoms with Crippen LogP contribution in [0.1, 0.15) is 6.92 Å². The third-order valence-corrected chi connectivity index (χ3v) is 3.96. The first-order chi connectivity index (χ1) is 8.04. The van der Waals surface area contributed by atoms with Crippen LogP contribution in [0.25, 0.3) is 11.0 Å². The van der Waals surface area contributed by atoms with Gasteiger partial charge in [-0.15, -0.1) is 0 Å². The molecule has 0 saturated carbocycles. The standard InChI is InChI=1S/C10H13N3O3S/c1-7(6-14)13-17(15,16)9-5-12-10-8(9)3-2-4-11-10/h2-5,7,13-14H,6H2,1H3,(H,11,12). The van der Waals surface area contributed by atoms with Crippen LogP contribution < -0.4 is 4.72 Å². The van der Waals surface area contributed by atoms with Crippen LogP contribution in [0.3, 0.4) is 0 Å². The first-order valence-electron chi connectivity index (χ1n) is 5.10. The first-order valence-corrected chi connectivity index (χ1v) is 6.58. The van der Waals surface area contributed by atoms with Gasteiger partial charge in [-0.3, -0.25) is 0 Å². The van der Waals surface area contributed by atoms with Crippen molar-refractivity contribution in [3.8, 4) is 0 Å². The zero-order chi connectivity index (χ0) is 12.5. The fourth-order valence-electron chi connectivity index (χ4n) is 1.52. The molecule has 0 radical (unpaired) electrons. The number of nitrogens with zero attached hydrogens (tertiary/aromatic N) is 1. The molecule has 6 nitrogen and oxygen atoms in total. The molecule has 2 aromatic rings. The molecule has 1 atom stereocenters. The van der Waals surface area contributed by atoms with Crippen LogP contribution in [0.4, 0.5) is 0 Å². The quantitative estimate of drug-likeness (QED) is 0.728. The molecule has 0 aliphatic carbocycles. The van der Waals surface area contributed by atoms with E-state index < -0.39 is 16.1 Å². The normalized spacial score (nSPS) is 14.0. The molecule has 2 heterocycles. The monoisotopic (exact) mass is 255 g/mol. The SMILES string of the molecule is CC(CO)NS(=O)(=O)c1c[nH]c2ncccc12. The Balaban J connectivity index is 2.46. The average molecular weight is 255 g/mol. The summed E-state index contributed by atoms with van der Waals surface area (Å²) < 4.78 is 26.4. The van der Waals surface area contributed by atoms with E-state index in [2.05, 4.69) is 14.7 Å². The number of aromatic nitrogens is 2. The summed E-state index contributed by atoms with van der Waals surface area (Å²) in [7, 11) is -3.64. The van der Waals surface area contributed by atoms with Crippen molar-refractivity contribution in [2.45, 2.75) is 17.9 Å². The van der Waals surface area contributed by atoms with Gasteiger partial charge in [-0.1, -0.05) is 0 Å². The Hall–Kier alpha value is -1.44. The van der Waals surface area contributed by atoms with Crippen LogP contribution in [-0.2, 0) is 10.0 Å². The Morgan fingerprint density at radius 3 is 3.06 bits per heavy atom. The maximum atomic E-state index is 12.0. The van der Waals surface area contributed by atoms with Gasteiger partial charge in [0.2, 0.25) is 10.0 Å². The maximum Gasteiger partial charge on any atom is 0.243 e. The molecule has 3 N–H and O–H groups in total. The zero-order valence-electron chi connectivity index (χ0n) is 9.21. The molecule has 17 heavy (non-hydrogen) atoms. The van der Waals surface area contributed by atoms with Crippen molar-refractivity contribution in [1.82, 2.24) is 14.7 Å². The number of hydrogen-bond donors (Lipinski definition) is 3. The lowest BCUT2D eigenvalue weighted by Crippen LogP contribution is -2.34. The van der Waals surface area contributed by atoms with Gasteiger partial charge in [0, 0.05) is 23.8 Å². The van der Waals surface area contributed by atoms with E-state index in [9.17, 15) is 8.42 Å². The van der Waals surface area contributed by atoms with E-state index in [4.69, 9.17) is 5.11 Å². The second kappa shape index (κ2) is 4.44. The maximum absolute atomic E-state index is 12.0. The largest absolute Gasteiger partial charge is 0.395 e. The van der Waals surface area contributed by atoms with Crippen LogP contribution in [-0.4, -0.2) is 36.1 Å². The van der Waals surface area contributed by atoms with E-state index in [1.165, 1.54) is 6.20 Å². The molecule has 92 valence electrons. The smallest absolute Gasteiger partial charge is 0.243 e. The number of fused-ring (bicyclic) bond motifs is 1. The highest BCUT2D eigenvalue weighted by Crippen LogP contribution is 2.20. The highest BCUT2D eigenvalue weighted by molar-refractivity contribution is 7.89. The number of pyridine rings is 1. The Morgan fingerprint density at radius 1 is 1.59 bits per heavy atom. The van der Waals surface area contributed by atoms with Gasteiger partial charge in [-0.05, 0) is 19.1 Å². The second-order valence-corrected chi connectivity index (χ2v) is 5.44. The van der Waals surface area contributed by atoms with Crippen molar-refractivity contribution < 1.29 is 13.5 Å². The highest BCUT2D eigenvalue weighted by atomic mass is 32.2. The van der Waals surface area contributed by atoms with Gasteiger partial charge in [-0.25, -0.2) is 18.1 Å². The number of aliphatic hydroxyl groups excluding tert-OH is 1. The average Bonchev–Trinajstić information content (AvgIpc) is 2.72. The molecule has 2 aromatic heterocycles. The number of aliphatic hydroxyl groups is 1. The first kappa shape index (κ1) is 12.0. The molecule has 0 saturated heterocycles. The minimum atomic E-state index is -3.64. The minimum Gasteiger partial charge on any atom is -0.395 e. The van der Waals surface area contributed by atoms with Gasteiger partial charge in [0.25, 0.3) is 0 Å². The Bertz CT molecular complexity index is 621. The minimum absolute atomic E-state index is 0.140. The summed E-state index contributed by atoms with van der Waals surface area (Å²) in [5, 5.41) is 9.39. The highest BCUT2D eigenvalue weighted by Gasteiger charge is 2.20. The summed E-state index contributed by atoms with van der Waals surface area (Å²) in [6, 6.07) is 2.82. The van der Waals surface area contributed by atoms with Crippen LogP contribution in [0.2, 0.25) is 0 Å². The number of nitrogens with one attached hydrogen (secondary N) is 2. The Labute approximate surface area is 98.7 Å². The lowest BCUT2D eigenvalue weighted by Gasteiger charge is -2.10. The van der Waals surface area contributed by atoms with Crippen molar-refractivity contribution in [3.05, 3.63) is 24.5 Å². The summed E-state index contributed by atoms with van der Waals surface area (Å²) in [5.41, 5.74) is 0.518. The molecular formula is C10H13N3O3S. The van der Waals surface area contributed by atoms with Gasteiger partial charge in [0.05, 0.1) is 6.61 Å². The van der Waals surface area contributed by atoms with Crippen molar-refractivity contribution >= 4 is 21.1 Å². The molecule has 2 rings (SSSR count). The number of sulfonamides is 1. The second-order valence-electron chi connectivity index (χ2n) is 3.76. The molecule has 0 fully saturated rings. The zero-order valence-corrected chi connectivity index (χ0v) is 10.0. The number of rotatable bonds is 4. The third kappa shape index (κ3) is 2.31. The third-order valence-electron chi connectivity index (χ3n) is 2.33. The van der Waals surface area contributed by atoms with Gasteiger partial charge in [0.1, 0.15) is 10.5 Å². The van der Waals surface area contributed by atoms with E-state index in [1.807, 2.05) is 0 Å². The summed E-state index contributed by atoms with van der Waals surface area (Å²) in [6.07, 6.45) is 2.98. The van der Waals surface area contributed by atoms with E-state index >= 15 is 0 Å². The van der Waals surface area contributed by atoms with Gasteiger partial charge >= 0.3 is 0 Å². The lowest BCUT2D eigenvalue weighted by molar-refractivity contribution is 0.265. The fourth-order valence-corrected chi connectivity index (χ4v) is 2.92. The topological polar surface area (TPSA) is 95.1 Å². The predicted molar refractivity (Wildman–Crippen MR) is 63.0 cm³/mol. The van der Waals surface area contributed by atoms with Crippen LogP contribution in [0.15, 0.2) is 29.4 Å². The summed E-state index contributed by atoms with van der Waals surface area (Å²) >= 11 is 0. The number of aromatic amines is 1. The predicted octanol–water partition coefficient (Wildman–Crippen LogP) is 0.222. The van der Waals surface area contributed by atoms with Crippen LogP contribution in [0, 0.1) is 0 Å². The van der Waals surface area contributed by atoms with Crippen molar-refractivity contribution in [2.75, 3.05) is 6.61 Å². The van der Waals surface area contributed by atoms with E-state index in [-0.39, 0.29) is 11.5 Å². The van der Waals surface area contributed by atoms with Gasteiger partial charge < -0.3 is 10.1 Å². The molecule has 0 aromatic carbocycles. The fraction of sp³-hybridized carbons (Fsp3) is 0.300. The number of hydrogen-bond acceptors (Lipinski definition) is 4. The summed E-state index contributed by atoms with van der Waals surface area (Å²) in [6.45, 7) is 1.34. The van der Waals surface area contributed by atoms with E-state index in [0.717, 1.165) is 0 Å².